The summed E-state index contributed by atoms with van der Waals surface area (Å²) < 4.78 is 1.16. The molecular formula is C16H20ClN3OS. The van der Waals surface area contributed by atoms with Crippen molar-refractivity contribution < 1.29 is 4.79 Å². The Labute approximate surface area is 139 Å². The normalized spacial score (nSPS) is 22.4. The molecule has 2 heterocycles. The predicted octanol–water partition coefficient (Wildman–Crippen LogP) is 2.54. The first-order valence-electron chi connectivity index (χ1n) is 7.34. The van der Waals surface area contributed by atoms with Crippen molar-refractivity contribution in [2.24, 2.45) is 5.73 Å². The van der Waals surface area contributed by atoms with E-state index in [0.29, 0.717) is 6.54 Å². The van der Waals surface area contributed by atoms with Gasteiger partial charge in [-0.25, -0.2) is 0 Å². The summed E-state index contributed by atoms with van der Waals surface area (Å²) in [6.45, 7) is 1.31. The van der Waals surface area contributed by atoms with E-state index in [1.165, 1.54) is 0 Å². The van der Waals surface area contributed by atoms with Gasteiger partial charge in [-0.05, 0) is 19.5 Å². The number of benzene rings is 1. The van der Waals surface area contributed by atoms with E-state index >= 15 is 0 Å². The number of nitrogens with two attached hydrogens (primary N) is 1. The van der Waals surface area contributed by atoms with Gasteiger partial charge in [-0.1, -0.05) is 29.8 Å². The van der Waals surface area contributed by atoms with Gasteiger partial charge >= 0.3 is 0 Å². The van der Waals surface area contributed by atoms with Gasteiger partial charge in [0, 0.05) is 34.6 Å². The van der Waals surface area contributed by atoms with Crippen molar-refractivity contribution in [1.82, 2.24) is 9.80 Å². The molecule has 0 unspecified atom stereocenters. The third kappa shape index (κ3) is 2.86. The van der Waals surface area contributed by atoms with Crippen LogP contribution in [0.5, 0.6) is 0 Å². The van der Waals surface area contributed by atoms with E-state index in [9.17, 15) is 4.79 Å². The lowest BCUT2D eigenvalue weighted by atomic mass is 10.1. The third-order valence-electron chi connectivity index (χ3n) is 4.22. The Morgan fingerprint density at radius 2 is 2.23 bits per heavy atom. The molecule has 2 N–H and O–H groups in total. The van der Waals surface area contributed by atoms with Gasteiger partial charge in [0.25, 0.3) is 0 Å². The lowest BCUT2D eigenvalue weighted by Crippen LogP contribution is -2.42. The summed E-state index contributed by atoms with van der Waals surface area (Å²) in [6.07, 6.45) is 0.722. The first-order valence-corrected chi connectivity index (χ1v) is 8.53. The maximum atomic E-state index is 12.6. The molecule has 1 aromatic carbocycles. The summed E-state index contributed by atoms with van der Waals surface area (Å²) in [6, 6.07) is 8.02. The number of fused-ring (bicyclic) bond motifs is 1. The molecule has 3 rings (SSSR count). The largest absolute Gasteiger partial charge is 0.339 e. The highest BCUT2D eigenvalue weighted by atomic mass is 35.5. The van der Waals surface area contributed by atoms with E-state index in [4.69, 9.17) is 17.3 Å². The number of likely N-dealkylation sites (tertiary alicyclic amines) is 1. The van der Waals surface area contributed by atoms with Crippen LogP contribution in [0.1, 0.15) is 11.3 Å². The van der Waals surface area contributed by atoms with Gasteiger partial charge in [0.05, 0.1) is 17.6 Å². The molecule has 0 bridgehead atoms. The average molecular weight is 338 g/mol. The topological polar surface area (TPSA) is 49.6 Å². The fraction of sp³-hybridized carbons (Fsp3) is 0.438. The Balaban J connectivity index is 1.77. The van der Waals surface area contributed by atoms with E-state index in [1.807, 2.05) is 37.2 Å². The quantitative estimate of drug-likeness (QED) is 0.936. The number of nitrogens with zero attached hydrogens (tertiary/aromatic N) is 2. The van der Waals surface area contributed by atoms with E-state index in [2.05, 4.69) is 6.07 Å². The molecule has 0 radical (unpaired) electrons. The molecule has 1 saturated heterocycles. The SMILES string of the molecule is CN(Cc1sc2ccccc2c1Cl)C(=O)[C@@H]1C[C@H](N)CN1C. The highest BCUT2D eigenvalue weighted by Crippen LogP contribution is 2.35. The van der Waals surface area contributed by atoms with Crippen molar-refractivity contribution in [3.63, 3.8) is 0 Å². The minimum Gasteiger partial charge on any atom is -0.339 e. The molecule has 1 aliphatic heterocycles. The Bertz CT molecular complexity index is 702. The van der Waals surface area contributed by atoms with Crippen molar-refractivity contribution in [1.29, 1.82) is 0 Å². The van der Waals surface area contributed by atoms with Crippen LogP contribution in [0.15, 0.2) is 24.3 Å². The molecule has 1 fully saturated rings. The van der Waals surface area contributed by atoms with Crippen LogP contribution in [0, 0.1) is 0 Å². The Hall–Kier alpha value is -1.14. The summed E-state index contributed by atoms with van der Waals surface area (Å²) in [4.78, 5) is 17.5. The van der Waals surface area contributed by atoms with Gasteiger partial charge in [0.15, 0.2) is 0 Å². The minimum absolute atomic E-state index is 0.0836. The monoisotopic (exact) mass is 337 g/mol. The van der Waals surface area contributed by atoms with E-state index in [0.717, 1.165) is 33.0 Å². The molecule has 0 spiro atoms. The second-order valence-corrected chi connectivity index (χ2v) is 7.50. The lowest BCUT2D eigenvalue weighted by Gasteiger charge is -2.24. The Morgan fingerprint density at radius 3 is 2.86 bits per heavy atom. The van der Waals surface area contributed by atoms with Gasteiger partial charge in [-0.15, -0.1) is 11.3 Å². The molecule has 0 saturated carbocycles. The van der Waals surface area contributed by atoms with Crippen LogP contribution < -0.4 is 5.73 Å². The molecule has 118 valence electrons. The first kappa shape index (κ1) is 15.7. The smallest absolute Gasteiger partial charge is 0.240 e. The maximum absolute atomic E-state index is 12.6. The summed E-state index contributed by atoms with van der Waals surface area (Å²) in [7, 11) is 3.79. The maximum Gasteiger partial charge on any atom is 0.240 e. The highest BCUT2D eigenvalue weighted by molar-refractivity contribution is 7.19. The molecule has 2 aromatic rings. The molecule has 22 heavy (non-hydrogen) atoms. The lowest BCUT2D eigenvalue weighted by molar-refractivity contribution is -0.134. The number of amides is 1. The van der Waals surface area contributed by atoms with E-state index in [1.54, 1.807) is 16.2 Å². The molecular weight excluding hydrogens is 318 g/mol. The number of hydrogen-bond donors (Lipinski definition) is 1. The second kappa shape index (κ2) is 6.16. The van der Waals surface area contributed by atoms with Crippen molar-refractivity contribution in [3.8, 4) is 0 Å². The van der Waals surface area contributed by atoms with Crippen LogP contribution >= 0.6 is 22.9 Å². The zero-order valence-electron chi connectivity index (χ0n) is 12.8. The van der Waals surface area contributed by atoms with Gasteiger partial charge in [0.2, 0.25) is 5.91 Å². The zero-order valence-corrected chi connectivity index (χ0v) is 14.3. The van der Waals surface area contributed by atoms with Crippen molar-refractivity contribution in [2.75, 3.05) is 20.6 Å². The molecule has 1 amide bonds. The van der Waals surface area contributed by atoms with E-state index < -0.39 is 0 Å². The molecule has 1 aliphatic rings. The molecule has 6 heteroatoms. The summed E-state index contributed by atoms with van der Waals surface area (Å²) in [5.41, 5.74) is 5.95. The molecule has 4 nitrogen and oxygen atoms in total. The Kier molecular flexibility index (Phi) is 4.41. The minimum atomic E-state index is -0.117. The van der Waals surface area contributed by atoms with Crippen molar-refractivity contribution >= 4 is 38.9 Å². The second-order valence-electron chi connectivity index (χ2n) is 5.98. The highest BCUT2D eigenvalue weighted by Gasteiger charge is 2.34. The van der Waals surface area contributed by atoms with Gasteiger partial charge in [-0.2, -0.15) is 0 Å². The predicted molar refractivity (Wildman–Crippen MR) is 92.3 cm³/mol. The molecule has 0 aliphatic carbocycles. The van der Waals surface area contributed by atoms with Crippen LogP contribution in [0.3, 0.4) is 0 Å². The number of halogens is 1. The number of carbonyl (C=O) groups is 1. The summed E-state index contributed by atoms with van der Waals surface area (Å²) in [5, 5.41) is 1.82. The molecule has 1 aromatic heterocycles. The number of likely N-dealkylation sites (N-methyl/N-ethyl adjacent to an activating group) is 2. The average Bonchev–Trinajstić information content (AvgIpc) is 2.99. The molecule has 2 atom stereocenters. The van der Waals surface area contributed by atoms with Crippen LogP contribution in [0.25, 0.3) is 10.1 Å². The van der Waals surface area contributed by atoms with Crippen LogP contribution in [0.2, 0.25) is 5.02 Å². The van der Waals surface area contributed by atoms with Crippen molar-refractivity contribution in [2.45, 2.75) is 25.0 Å². The number of hydrogen-bond acceptors (Lipinski definition) is 4. The van der Waals surface area contributed by atoms with Gasteiger partial charge in [0.1, 0.15) is 0 Å². The number of carbonyl (C=O) groups excluding carboxylic acids is 1. The summed E-state index contributed by atoms with van der Waals surface area (Å²) >= 11 is 8.11. The van der Waals surface area contributed by atoms with Gasteiger partial charge in [-0.3, -0.25) is 9.69 Å². The standard InChI is InChI=1S/C16H20ClN3OS/c1-19-8-10(18)7-12(19)16(21)20(2)9-14-15(17)11-5-3-4-6-13(11)22-14/h3-6,10,12H,7-9,18H2,1-2H3/t10-,12-/m0/s1. The first-order chi connectivity index (χ1) is 10.5. The fourth-order valence-corrected chi connectivity index (χ4v) is 4.59. The van der Waals surface area contributed by atoms with E-state index in [-0.39, 0.29) is 18.0 Å². The van der Waals surface area contributed by atoms with Gasteiger partial charge < -0.3 is 10.6 Å². The number of thiophene rings is 1. The van der Waals surface area contributed by atoms with Crippen LogP contribution in [-0.4, -0.2) is 48.4 Å². The fourth-order valence-electron chi connectivity index (χ4n) is 3.04. The van der Waals surface area contributed by atoms with Crippen molar-refractivity contribution in [3.05, 3.63) is 34.2 Å². The van der Waals surface area contributed by atoms with Crippen LogP contribution in [0.4, 0.5) is 0 Å². The zero-order chi connectivity index (χ0) is 15.9. The third-order valence-corrected chi connectivity index (χ3v) is 5.92. The summed E-state index contributed by atoms with van der Waals surface area (Å²) in [5.74, 6) is 0.115. The number of rotatable bonds is 3. The Morgan fingerprint density at radius 1 is 1.50 bits per heavy atom. The van der Waals surface area contributed by atoms with Crippen LogP contribution in [-0.2, 0) is 11.3 Å².